The molecule has 0 atom stereocenters. The maximum Gasteiger partial charge on any atom is 0.246 e. The predicted octanol–water partition coefficient (Wildman–Crippen LogP) is 3.90. The molecule has 0 saturated heterocycles. The number of nitrogens with zero attached hydrogens (tertiary/aromatic N) is 1. The molecule has 0 saturated carbocycles. The van der Waals surface area contributed by atoms with Gasteiger partial charge in [-0.1, -0.05) is 12.1 Å². The highest BCUT2D eigenvalue weighted by molar-refractivity contribution is 5.93. The SMILES string of the molecule is COc1cc(/C=C/C(=O)NCCCN(CCCCNC(=O)/C=C/c2ccc(O)cc2)C(=O)/C=C/c2cc(O)c(O)c(OC)c2)cc(O)c1O. The summed E-state index contributed by atoms with van der Waals surface area (Å²) in [5.74, 6) is -2.34. The molecular weight excluding hydrogens is 634 g/mol. The van der Waals surface area contributed by atoms with Gasteiger partial charge in [-0.05, 0) is 90.6 Å². The zero-order valence-electron chi connectivity index (χ0n) is 27.3. The minimum absolute atomic E-state index is 0.0510. The number of methoxy groups -OCH3 is 2. The normalized spacial score (nSPS) is 11.2. The number of nitrogens with one attached hydrogen (secondary N) is 2. The Bertz CT molecular complexity index is 1680. The molecule has 0 heterocycles. The van der Waals surface area contributed by atoms with Crippen LogP contribution in [0.1, 0.15) is 36.0 Å². The molecule has 0 bridgehead atoms. The van der Waals surface area contributed by atoms with Crippen LogP contribution in [-0.2, 0) is 14.4 Å². The third kappa shape index (κ3) is 12.2. The first-order valence-corrected chi connectivity index (χ1v) is 15.4. The molecule has 3 amide bonds. The molecule has 3 aromatic rings. The van der Waals surface area contributed by atoms with Crippen molar-refractivity contribution in [1.29, 1.82) is 0 Å². The average molecular weight is 676 g/mol. The summed E-state index contributed by atoms with van der Waals surface area (Å²) in [6.45, 7) is 1.32. The molecule has 0 aliphatic carbocycles. The minimum Gasteiger partial charge on any atom is -0.508 e. The summed E-state index contributed by atoms with van der Waals surface area (Å²) in [4.78, 5) is 39.3. The lowest BCUT2D eigenvalue weighted by Crippen LogP contribution is -2.34. The Kier molecular flexibility index (Phi) is 14.4. The number of carbonyl (C=O) groups excluding carboxylic acids is 3. The quantitative estimate of drug-likeness (QED) is 0.0626. The highest BCUT2D eigenvalue weighted by atomic mass is 16.5. The first kappa shape index (κ1) is 37.3. The van der Waals surface area contributed by atoms with Crippen LogP contribution in [0.15, 0.2) is 66.8 Å². The summed E-state index contributed by atoms with van der Waals surface area (Å²) in [5, 5.41) is 54.3. The van der Waals surface area contributed by atoms with E-state index in [1.54, 1.807) is 23.1 Å². The Balaban J connectivity index is 1.54. The molecule has 13 nitrogen and oxygen atoms in total. The van der Waals surface area contributed by atoms with Crippen molar-refractivity contribution in [2.75, 3.05) is 40.4 Å². The van der Waals surface area contributed by atoms with E-state index < -0.39 is 23.2 Å². The third-order valence-corrected chi connectivity index (χ3v) is 7.13. The van der Waals surface area contributed by atoms with E-state index in [9.17, 15) is 39.9 Å². The molecule has 0 radical (unpaired) electrons. The second-order valence-corrected chi connectivity index (χ2v) is 10.7. The van der Waals surface area contributed by atoms with Gasteiger partial charge in [0.2, 0.25) is 29.2 Å². The summed E-state index contributed by atoms with van der Waals surface area (Å²) in [6, 6.07) is 11.9. The fourth-order valence-electron chi connectivity index (χ4n) is 4.50. The Morgan fingerprint density at radius 2 is 1.10 bits per heavy atom. The van der Waals surface area contributed by atoms with Crippen LogP contribution in [-0.4, -0.2) is 88.6 Å². The fraction of sp³-hybridized carbons (Fsp3) is 0.250. The van der Waals surface area contributed by atoms with Crippen molar-refractivity contribution in [3.63, 3.8) is 0 Å². The van der Waals surface area contributed by atoms with E-state index in [-0.39, 0.29) is 41.4 Å². The summed E-state index contributed by atoms with van der Waals surface area (Å²) in [5.41, 5.74) is 1.64. The maximum atomic E-state index is 13.2. The molecule has 0 aliphatic rings. The number of phenols is 5. The Morgan fingerprint density at radius 1 is 0.633 bits per heavy atom. The highest BCUT2D eigenvalue weighted by Gasteiger charge is 2.13. The largest absolute Gasteiger partial charge is 0.508 e. The van der Waals surface area contributed by atoms with Gasteiger partial charge in [0.15, 0.2) is 23.0 Å². The summed E-state index contributed by atoms with van der Waals surface area (Å²) in [7, 11) is 2.68. The van der Waals surface area contributed by atoms with Crippen LogP contribution in [0.4, 0.5) is 0 Å². The molecular formula is C36H41N3O10. The van der Waals surface area contributed by atoms with Gasteiger partial charge in [0, 0.05) is 44.4 Å². The Labute approximate surface area is 284 Å². The average Bonchev–Trinajstić information content (AvgIpc) is 3.09. The lowest BCUT2D eigenvalue weighted by Gasteiger charge is -2.21. The van der Waals surface area contributed by atoms with Crippen LogP contribution in [0.5, 0.6) is 40.2 Å². The van der Waals surface area contributed by atoms with Gasteiger partial charge in [0.25, 0.3) is 0 Å². The van der Waals surface area contributed by atoms with Gasteiger partial charge in [0.05, 0.1) is 14.2 Å². The number of hydrogen-bond acceptors (Lipinski definition) is 10. The van der Waals surface area contributed by atoms with Gasteiger partial charge in [-0.3, -0.25) is 14.4 Å². The van der Waals surface area contributed by atoms with Crippen LogP contribution in [0, 0.1) is 0 Å². The molecule has 7 N–H and O–H groups in total. The first-order chi connectivity index (χ1) is 23.5. The monoisotopic (exact) mass is 675 g/mol. The number of phenolic OH excluding ortho intramolecular Hbond substituents is 5. The van der Waals surface area contributed by atoms with Gasteiger partial charge >= 0.3 is 0 Å². The maximum absolute atomic E-state index is 13.2. The van der Waals surface area contributed by atoms with Crippen molar-refractivity contribution >= 4 is 35.9 Å². The Hall–Kier alpha value is -6.11. The van der Waals surface area contributed by atoms with Crippen molar-refractivity contribution in [2.45, 2.75) is 19.3 Å². The number of carbonyl (C=O) groups is 3. The molecule has 0 spiro atoms. The second-order valence-electron chi connectivity index (χ2n) is 10.7. The molecule has 0 fully saturated rings. The second kappa shape index (κ2) is 18.9. The predicted molar refractivity (Wildman–Crippen MR) is 184 cm³/mol. The molecule has 3 aromatic carbocycles. The molecule has 260 valence electrons. The first-order valence-electron chi connectivity index (χ1n) is 15.4. The van der Waals surface area contributed by atoms with Gasteiger partial charge < -0.3 is 50.5 Å². The van der Waals surface area contributed by atoms with Crippen LogP contribution >= 0.6 is 0 Å². The number of hydrogen-bond donors (Lipinski definition) is 7. The van der Waals surface area contributed by atoms with Gasteiger partial charge in [0.1, 0.15) is 5.75 Å². The van der Waals surface area contributed by atoms with Gasteiger partial charge in [-0.25, -0.2) is 0 Å². The number of unbranched alkanes of at least 4 members (excludes halogenated alkanes) is 1. The van der Waals surface area contributed by atoms with Crippen LogP contribution in [0.25, 0.3) is 18.2 Å². The zero-order valence-corrected chi connectivity index (χ0v) is 27.3. The lowest BCUT2D eigenvalue weighted by atomic mass is 10.1. The van der Waals surface area contributed by atoms with Crippen LogP contribution in [0.2, 0.25) is 0 Å². The van der Waals surface area contributed by atoms with Crippen molar-refractivity contribution in [1.82, 2.24) is 15.5 Å². The highest BCUT2D eigenvalue weighted by Crippen LogP contribution is 2.37. The third-order valence-electron chi connectivity index (χ3n) is 7.13. The molecule has 0 unspecified atom stereocenters. The molecule has 3 rings (SSSR count). The summed E-state index contributed by atoms with van der Waals surface area (Å²) < 4.78 is 10.1. The molecule has 0 aliphatic heterocycles. The van der Waals surface area contributed by atoms with Crippen LogP contribution in [0.3, 0.4) is 0 Å². The standard InChI is InChI=1S/C36H41N3O10/c1-48-30-22-25(20-28(41)35(30)46)9-14-33(44)38-17-5-19-39(34(45)15-10-26-21-29(42)36(47)31(23-26)49-2)18-4-3-16-37-32(43)13-8-24-6-11-27(40)12-7-24/h6-15,20-23,40-42,46-47H,3-5,16-19H2,1-2H3,(H,37,43)(H,38,44)/b13-8+,14-9+,15-10+. The molecule has 13 heteroatoms. The smallest absolute Gasteiger partial charge is 0.246 e. The van der Waals surface area contributed by atoms with Gasteiger partial charge in [-0.2, -0.15) is 0 Å². The zero-order chi connectivity index (χ0) is 35.8. The number of aromatic hydroxyl groups is 5. The molecule has 49 heavy (non-hydrogen) atoms. The van der Waals surface area contributed by atoms with Crippen LogP contribution < -0.4 is 20.1 Å². The van der Waals surface area contributed by atoms with Crippen molar-refractivity contribution < 1.29 is 49.4 Å². The summed E-state index contributed by atoms with van der Waals surface area (Å²) in [6.07, 6.45) is 10.2. The topological polar surface area (TPSA) is 198 Å². The number of rotatable bonds is 17. The Morgan fingerprint density at radius 3 is 1.63 bits per heavy atom. The fourth-order valence-corrected chi connectivity index (χ4v) is 4.50. The number of ether oxygens (including phenoxy) is 2. The lowest BCUT2D eigenvalue weighted by molar-refractivity contribution is -0.126. The summed E-state index contributed by atoms with van der Waals surface area (Å²) >= 11 is 0. The van der Waals surface area contributed by atoms with Crippen molar-refractivity contribution in [3.8, 4) is 40.2 Å². The minimum atomic E-state index is -0.409. The van der Waals surface area contributed by atoms with E-state index in [4.69, 9.17) is 9.47 Å². The van der Waals surface area contributed by atoms with Crippen molar-refractivity contribution in [3.05, 3.63) is 83.4 Å². The van der Waals surface area contributed by atoms with E-state index in [0.29, 0.717) is 50.0 Å². The van der Waals surface area contributed by atoms with E-state index >= 15 is 0 Å². The van der Waals surface area contributed by atoms with Crippen molar-refractivity contribution in [2.24, 2.45) is 0 Å². The molecule has 0 aromatic heterocycles. The van der Waals surface area contributed by atoms with E-state index in [1.165, 1.54) is 81.0 Å². The number of amides is 3. The number of benzene rings is 3. The van der Waals surface area contributed by atoms with Gasteiger partial charge in [-0.15, -0.1) is 0 Å². The van der Waals surface area contributed by atoms with E-state index in [2.05, 4.69) is 10.6 Å². The van der Waals surface area contributed by atoms with E-state index in [1.807, 2.05) is 0 Å². The van der Waals surface area contributed by atoms with E-state index in [0.717, 1.165) is 5.56 Å².